The van der Waals surface area contributed by atoms with Gasteiger partial charge in [0.2, 0.25) is 0 Å². The Labute approximate surface area is 359 Å². The maximum absolute atomic E-state index is 11.4. The van der Waals surface area contributed by atoms with Gasteiger partial charge in [-0.1, -0.05) is 115 Å². The average molecular weight is 806 g/mol. The van der Waals surface area contributed by atoms with Gasteiger partial charge in [0, 0.05) is 69.3 Å². The lowest BCUT2D eigenvalue weighted by molar-refractivity contribution is 1.16. The van der Waals surface area contributed by atoms with Crippen LogP contribution in [0.3, 0.4) is 0 Å². The van der Waals surface area contributed by atoms with E-state index in [4.69, 9.17) is 0 Å². The molecule has 0 fully saturated rings. The summed E-state index contributed by atoms with van der Waals surface area (Å²) in [5.74, 6) is 0. The predicted molar refractivity (Wildman–Crippen MR) is 257 cm³/mol. The first-order valence-corrected chi connectivity index (χ1v) is 21.5. The van der Waals surface area contributed by atoms with Crippen LogP contribution in [0.4, 0.5) is 0 Å². The Bertz CT molecular complexity index is 4130. The molecule has 0 atom stereocenters. The number of rotatable bonds is 4. The number of nitrogens with zero attached hydrogens (tertiary/aromatic N) is 5. The lowest BCUT2D eigenvalue weighted by atomic mass is 9.95. The summed E-state index contributed by atoms with van der Waals surface area (Å²) >= 11 is 1.81. The quantitative estimate of drug-likeness (QED) is 0.178. The molecule has 13 rings (SSSR count). The fourth-order valence-electron chi connectivity index (χ4n) is 10.1. The molecule has 0 saturated carbocycles. The third kappa shape index (κ3) is 4.70. The molecule has 0 saturated heterocycles. The third-order valence-corrected chi connectivity index (χ3v) is 13.8. The number of hydrogen-bond acceptors (Lipinski definition) is 3. The van der Waals surface area contributed by atoms with Crippen molar-refractivity contribution in [2.24, 2.45) is 0 Å². The van der Waals surface area contributed by atoms with Crippen LogP contribution in [0.2, 0.25) is 0 Å². The van der Waals surface area contributed by atoms with Crippen molar-refractivity contribution in [3.8, 4) is 40.3 Å². The molecule has 9 aromatic carbocycles. The zero-order chi connectivity index (χ0) is 41.1. The minimum atomic E-state index is 0.548. The highest BCUT2D eigenvalue weighted by atomic mass is 32.1. The van der Waals surface area contributed by atoms with Crippen LogP contribution in [-0.2, 0) is 0 Å². The number of nitriles is 2. The predicted octanol–water partition coefficient (Wildman–Crippen LogP) is 14.8. The van der Waals surface area contributed by atoms with E-state index >= 15 is 0 Å². The van der Waals surface area contributed by atoms with Crippen molar-refractivity contribution in [3.05, 3.63) is 199 Å². The largest absolute Gasteiger partial charge is 0.309 e. The molecule has 13 aromatic rings. The smallest absolute Gasteiger partial charge is 0.102 e. The van der Waals surface area contributed by atoms with Gasteiger partial charge in [0.1, 0.15) is 6.07 Å². The molecule has 4 aromatic heterocycles. The van der Waals surface area contributed by atoms with Crippen molar-refractivity contribution in [2.45, 2.75) is 0 Å². The Morgan fingerprint density at radius 1 is 0.371 bits per heavy atom. The second kappa shape index (κ2) is 13.0. The van der Waals surface area contributed by atoms with Gasteiger partial charge < -0.3 is 13.7 Å². The van der Waals surface area contributed by atoms with Crippen molar-refractivity contribution in [3.63, 3.8) is 0 Å². The zero-order valence-electron chi connectivity index (χ0n) is 33.0. The van der Waals surface area contributed by atoms with Gasteiger partial charge in [-0.2, -0.15) is 10.5 Å². The first-order chi connectivity index (χ1) is 30.7. The fourth-order valence-corrected chi connectivity index (χ4v) is 11.3. The zero-order valence-corrected chi connectivity index (χ0v) is 33.9. The van der Waals surface area contributed by atoms with Crippen LogP contribution in [0.15, 0.2) is 188 Å². The number of fused-ring (bicyclic) bond motifs is 13. The van der Waals surface area contributed by atoms with Gasteiger partial charge in [0.25, 0.3) is 0 Å². The first-order valence-electron chi connectivity index (χ1n) is 20.6. The summed E-state index contributed by atoms with van der Waals surface area (Å²) in [5, 5.41) is 31.1. The van der Waals surface area contributed by atoms with Crippen LogP contribution in [0.25, 0.3) is 114 Å². The number of para-hydroxylation sites is 4. The Morgan fingerprint density at radius 3 is 1.81 bits per heavy atom. The van der Waals surface area contributed by atoms with Gasteiger partial charge in [0.15, 0.2) is 0 Å². The summed E-state index contributed by atoms with van der Waals surface area (Å²) in [5.41, 5.74) is 11.9. The van der Waals surface area contributed by atoms with Gasteiger partial charge in [-0.3, -0.25) is 0 Å². The van der Waals surface area contributed by atoms with Crippen molar-refractivity contribution in [2.75, 3.05) is 0 Å². The fraction of sp³-hybridized carbons (Fsp3) is 0. The Balaban J connectivity index is 1.11. The lowest BCUT2D eigenvalue weighted by Crippen LogP contribution is -2.02. The van der Waals surface area contributed by atoms with E-state index in [1.807, 2.05) is 35.6 Å². The van der Waals surface area contributed by atoms with Crippen LogP contribution < -0.4 is 0 Å². The van der Waals surface area contributed by atoms with Crippen molar-refractivity contribution < 1.29 is 0 Å². The molecule has 0 N–H and O–H groups in total. The highest BCUT2D eigenvalue weighted by molar-refractivity contribution is 7.25. The highest BCUT2D eigenvalue weighted by Crippen LogP contribution is 2.45. The molecule has 0 amide bonds. The van der Waals surface area contributed by atoms with Crippen molar-refractivity contribution in [1.29, 1.82) is 10.5 Å². The number of hydrogen-bond donors (Lipinski definition) is 0. The van der Waals surface area contributed by atoms with Crippen molar-refractivity contribution in [1.82, 2.24) is 13.7 Å². The minimum Gasteiger partial charge on any atom is -0.309 e. The summed E-state index contributed by atoms with van der Waals surface area (Å²) in [7, 11) is 0. The van der Waals surface area contributed by atoms with E-state index in [2.05, 4.69) is 190 Å². The Morgan fingerprint density at radius 2 is 1.03 bits per heavy atom. The van der Waals surface area contributed by atoms with Crippen LogP contribution in [0.5, 0.6) is 0 Å². The van der Waals surface area contributed by atoms with Crippen LogP contribution in [-0.4, -0.2) is 13.7 Å². The number of thiophene rings is 1. The maximum Gasteiger partial charge on any atom is 0.102 e. The molecule has 0 aliphatic heterocycles. The molecule has 0 spiro atoms. The van der Waals surface area contributed by atoms with Gasteiger partial charge in [0.05, 0.1) is 61.7 Å². The third-order valence-electron chi connectivity index (χ3n) is 12.7. The van der Waals surface area contributed by atoms with E-state index in [0.717, 1.165) is 82.8 Å². The van der Waals surface area contributed by atoms with E-state index in [1.54, 1.807) is 0 Å². The van der Waals surface area contributed by atoms with Gasteiger partial charge in [-0.25, -0.2) is 0 Å². The lowest BCUT2D eigenvalue weighted by Gasteiger charge is -2.18. The summed E-state index contributed by atoms with van der Waals surface area (Å²) in [6.07, 6.45) is 0. The second-order valence-corrected chi connectivity index (χ2v) is 17.0. The molecule has 0 aliphatic rings. The molecule has 0 bridgehead atoms. The highest BCUT2D eigenvalue weighted by Gasteiger charge is 2.25. The topological polar surface area (TPSA) is 62.4 Å². The molecule has 62 heavy (non-hydrogen) atoms. The number of aromatic nitrogens is 3. The van der Waals surface area contributed by atoms with E-state index in [1.165, 1.54) is 30.9 Å². The standard InChI is InChI=1S/C56H31N5S/c57-32-34-25-26-39(51(29-34)61-47-21-9-5-16-38(47)43-31-54-44(30-52(43)61)40-17-7-11-24-53(40)62-54)36-19-12-23-49(45(36)33-58)60-48-22-10-6-18-42(48)55-50(60)28-27-41-37-15-4-8-20-46(37)59(56(41)55)35-13-2-1-3-14-35/h1-31H. The molecule has 5 nitrogen and oxygen atoms in total. The van der Waals surface area contributed by atoms with Crippen LogP contribution in [0.1, 0.15) is 11.1 Å². The number of benzene rings is 9. The molecular formula is C56H31N5S. The Kier molecular flexibility index (Phi) is 7.24. The van der Waals surface area contributed by atoms with E-state index < -0.39 is 0 Å². The van der Waals surface area contributed by atoms with E-state index in [-0.39, 0.29) is 0 Å². The van der Waals surface area contributed by atoms with E-state index in [0.29, 0.717) is 11.1 Å². The molecule has 0 unspecified atom stereocenters. The summed E-state index contributed by atoms with van der Waals surface area (Å²) < 4.78 is 9.43. The molecule has 6 heteroatoms. The van der Waals surface area contributed by atoms with Crippen LogP contribution in [0, 0.1) is 22.7 Å². The molecular weight excluding hydrogens is 775 g/mol. The summed E-state index contributed by atoms with van der Waals surface area (Å²) in [6.45, 7) is 0. The minimum absolute atomic E-state index is 0.548. The van der Waals surface area contributed by atoms with Crippen LogP contribution >= 0.6 is 11.3 Å². The van der Waals surface area contributed by atoms with Gasteiger partial charge in [-0.15, -0.1) is 11.3 Å². The first kappa shape index (κ1) is 34.4. The molecule has 0 aliphatic carbocycles. The second-order valence-electron chi connectivity index (χ2n) is 15.9. The summed E-state index contributed by atoms with van der Waals surface area (Å²) in [4.78, 5) is 0. The average Bonchev–Trinajstić information content (AvgIpc) is 4.06. The Hall–Kier alpha value is -8.42. The molecule has 286 valence electrons. The van der Waals surface area contributed by atoms with Crippen molar-refractivity contribution >= 4 is 96.9 Å². The van der Waals surface area contributed by atoms with Gasteiger partial charge >= 0.3 is 0 Å². The monoisotopic (exact) mass is 805 g/mol. The molecule has 0 radical (unpaired) electrons. The summed E-state index contributed by atoms with van der Waals surface area (Å²) in [6, 6.07) is 71.0. The van der Waals surface area contributed by atoms with E-state index in [9.17, 15) is 10.5 Å². The molecule has 4 heterocycles. The SMILES string of the molecule is N#Cc1ccc(-c2cccc(-n3c4ccccc4c4c3ccc3c5ccccc5n(-c5ccccc5)c34)c2C#N)c(-n2c3ccccc3c3cc4sc5ccccc5c4cc32)c1. The van der Waals surface area contributed by atoms with Gasteiger partial charge in [-0.05, 0) is 72.8 Å². The normalized spacial score (nSPS) is 11.8. The maximum atomic E-state index is 11.4.